The molecule has 34 heavy (non-hydrogen) atoms. The lowest BCUT2D eigenvalue weighted by molar-refractivity contribution is 0.613. The number of allylic oxidation sites excluding steroid dienone is 1. The Balaban J connectivity index is 1.40. The van der Waals surface area contributed by atoms with Gasteiger partial charge in [0.05, 0.1) is 17.0 Å². The fraction of sp³-hybridized carbons (Fsp3) is 0.200. The molecule has 1 aliphatic rings. The molecular formula is C25H23N7OS. The van der Waals surface area contributed by atoms with Crippen molar-refractivity contribution in [3.05, 3.63) is 68.8 Å². The van der Waals surface area contributed by atoms with E-state index >= 15 is 0 Å². The van der Waals surface area contributed by atoms with Gasteiger partial charge in [0.2, 0.25) is 0 Å². The van der Waals surface area contributed by atoms with Gasteiger partial charge in [-0.1, -0.05) is 30.4 Å². The first-order chi connectivity index (χ1) is 16.6. The van der Waals surface area contributed by atoms with Gasteiger partial charge in [0, 0.05) is 33.6 Å². The number of aromatic nitrogens is 6. The first-order valence-electron chi connectivity index (χ1n) is 11.2. The summed E-state index contributed by atoms with van der Waals surface area (Å²) in [4.78, 5) is 31.7. The number of nitrogens with one attached hydrogen (secondary N) is 3. The average Bonchev–Trinajstić information content (AvgIpc) is 3.51. The van der Waals surface area contributed by atoms with Crippen molar-refractivity contribution in [2.75, 3.05) is 11.9 Å². The number of rotatable bonds is 5. The molecule has 8 nitrogen and oxygen atoms in total. The van der Waals surface area contributed by atoms with Crippen molar-refractivity contribution in [1.82, 2.24) is 29.5 Å². The molecule has 0 unspecified atom stereocenters. The summed E-state index contributed by atoms with van der Waals surface area (Å²) in [5, 5.41) is 8.40. The quantitative estimate of drug-likeness (QED) is 0.366. The summed E-state index contributed by atoms with van der Waals surface area (Å²) in [6.45, 7) is 4.85. The molecular weight excluding hydrogens is 446 g/mol. The molecule has 4 heterocycles. The van der Waals surface area contributed by atoms with E-state index in [4.69, 9.17) is 9.97 Å². The molecule has 0 saturated heterocycles. The third-order valence-electron chi connectivity index (χ3n) is 6.02. The van der Waals surface area contributed by atoms with Crippen molar-refractivity contribution < 1.29 is 0 Å². The SMILES string of the molecule is CC(C)n1cnc2c(NCC3=CC=c4[nH]c(=O)[nH]c4=CC3)nc(-c3csc4ccccc34)nc21. The Kier molecular flexibility index (Phi) is 4.91. The Labute approximate surface area is 198 Å². The van der Waals surface area contributed by atoms with E-state index in [9.17, 15) is 4.79 Å². The normalized spacial score (nSPS) is 13.4. The highest BCUT2D eigenvalue weighted by Gasteiger charge is 2.18. The smallest absolute Gasteiger partial charge is 0.323 e. The highest BCUT2D eigenvalue weighted by molar-refractivity contribution is 7.17. The van der Waals surface area contributed by atoms with Crippen LogP contribution >= 0.6 is 11.3 Å². The summed E-state index contributed by atoms with van der Waals surface area (Å²) in [7, 11) is 0. The number of anilines is 1. The minimum atomic E-state index is -0.190. The number of hydrogen-bond acceptors (Lipinski definition) is 6. The molecule has 0 saturated carbocycles. The van der Waals surface area contributed by atoms with Crippen LogP contribution in [0.5, 0.6) is 0 Å². The maximum Gasteiger partial charge on any atom is 0.323 e. The molecule has 0 fully saturated rings. The zero-order valence-corrected chi connectivity index (χ0v) is 19.6. The number of fused-ring (bicyclic) bond motifs is 3. The molecule has 5 aromatic rings. The van der Waals surface area contributed by atoms with Gasteiger partial charge in [-0.2, -0.15) is 0 Å². The van der Waals surface area contributed by atoms with E-state index in [1.807, 2.05) is 36.7 Å². The molecule has 4 aromatic heterocycles. The molecule has 0 atom stereocenters. The summed E-state index contributed by atoms with van der Waals surface area (Å²) in [5.74, 6) is 1.40. The number of nitrogens with zero attached hydrogens (tertiary/aromatic N) is 4. The predicted octanol–water partition coefficient (Wildman–Crippen LogP) is 3.31. The summed E-state index contributed by atoms with van der Waals surface area (Å²) in [6.07, 6.45) is 8.55. The monoisotopic (exact) mass is 469 g/mol. The van der Waals surface area contributed by atoms with Gasteiger partial charge in [-0.05, 0) is 38.0 Å². The standard InChI is InChI=1S/C25H23N7OS/c1-14(2)32-13-27-21-23(26-11-15-7-9-18-19(10-8-15)29-25(33)28-18)30-22(31-24(21)32)17-12-34-20-6-4-3-5-16(17)20/h3-7,9-10,12-14H,8,11H2,1-2H3,(H,26,30,31)(H2,28,29,33). The third-order valence-corrected chi connectivity index (χ3v) is 6.99. The average molecular weight is 470 g/mol. The van der Waals surface area contributed by atoms with Crippen molar-refractivity contribution in [3.8, 4) is 11.4 Å². The fourth-order valence-electron chi connectivity index (χ4n) is 4.22. The number of hydrogen-bond donors (Lipinski definition) is 3. The van der Waals surface area contributed by atoms with Crippen molar-refractivity contribution in [3.63, 3.8) is 0 Å². The first kappa shape index (κ1) is 20.6. The number of thiophene rings is 1. The van der Waals surface area contributed by atoms with Crippen molar-refractivity contribution in [2.45, 2.75) is 26.3 Å². The molecule has 0 amide bonds. The van der Waals surface area contributed by atoms with Crippen LogP contribution in [0.3, 0.4) is 0 Å². The second kappa shape index (κ2) is 8.11. The summed E-state index contributed by atoms with van der Waals surface area (Å²) in [6, 6.07) is 8.55. The lowest BCUT2D eigenvalue weighted by Gasteiger charge is -2.12. The Morgan fingerprint density at radius 3 is 2.88 bits per heavy atom. The van der Waals surface area contributed by atoms with Crippen LogP contribution in [0.15, 0.2) is 52.4 Å². The Bertz CT molecular complexity index is 1750. The number of benzene rings is 1. The molecule has 0 bridgehead atoms. The molecule has 170 valence electrons. The Hall–Kier alpha value is -3.98. The maximum atomic E-state index is 11.5. The van der Waals surface area contributed by atoms with Crippen LogP contribution in [-0.2, 0) is 0 Å². The second-order valence-corrected chi connectivity index (χ2v) is 9.53. The molecule has 0 radical (unpaired) electrons. The molecule has 1 aromatic carbocycles. The van der Waals surface area contributed by atoms with E-state index in [2.05, 4.69) is 56.2 Å². The van der Waals surface area contributed by atoms with Gasteiger partial charge in [0.25, 0.3) is 0 Å². The molecule has 0 spiro atoms. The van der Waals surface area contributed by atoms with Gasteiger partial charge in [-0.25, -0.2) is 19.7 Å². The van der Waals surface area contributed by atoms with Crippen molar-refractivity contribution >= 4 is 50.6 Å². The van der Waals surface area contributed by atoms with Crippen molar-refractivity contribution in [2.24, 2.45) is 0 Å². The van der Waals surface area contributed by atoms with Crippen LogP contribution in [0.4, 0.5) is 5.82 Å². The van der Waals surface area contributed by atoms with Crippen LogP contribution in [-0.4, -0.2) is 36.0 Å². The lowest BCUT2D eigenvalue weighted by Crippen LogP contribution is -2.23. The molecule has 1 aliphatic carbocycles. The lowest BCUT2D eigenvalue weighted by atomic mass is 10.1. The van der Waals surface area contributed by atoms with E-state index < -0.39 is 0 Å². The highest BCUT2D eigenvalue weighted by Crippen LogP contribution is 2.34. The zero-order chi connectivity index (χ0) is 23.2. The first-order valence-corrected chi connectivity index (χ1v) is 12.1. The Morgan fingerprint density at radius 2 is 2.00 bits per heavy atom. The van der Waals surface area contributed by atoms with Crippen LogP contribution < -0.4 is 21.7 Å². The maximum absolute atomic E-state index is 11.5. The van der Waals surface area contributed by atoms with E-state index in [0.29, 0.717) is 18.2 Å². The van der Waals surface area contributed by atoms with Crippen LogP contribution in [0.25, 0.3) is 44.8 Å². The fourth-order valence-corrected chi connectivity index (χ4v) is 5.16. The highest BCUT2D eigenvalue weighted by atomic mass is 32.1. The second-order valence-electron chi connectivity index (χ2n) is 8.62. The number of aromatic amines is 2. The summed E-state index contributed by atoms with van der Waals surface area (Å²) in [5.41, 5.74) is 3.58. The summed E-state index contributed by atoms with van der Waals surface area (Å²) >= 11 is 1.70. The van der Waals surface area contributed by atoms with Crippen LogP contribution in [0.2, 0.25) is 0 Å². The van der Waals surface area contributed by atoms with Gasteiger partial charge in [-0.3, -0.25) is 0 Å². The number of H-pyrrole nitrogens is 2. The van der Waals surface area contributed by atoms with Gasteiger partial charge >= 0.3 is 5.69 Å². The molecule has 6 rings (SSSR count). The molecule has 0 aliphatic heterocycles. The van der Waals surface area contributed by atoms with Crippen LogP contribution in [0, 0.1) is 0 Å². The zero-order valence-electron chi connectivity index (χ0n) is 18.8. The molecule has 9 heteroatoms. The van der Waals surface area contributed by atoms with Gasteiger partial charge in [-0.15, -0.1) is 11.3 Å². The van der Waals surface area contributed by atoms with E-state index in [1.54, 1.807) is 11.3 Å². The predicted molar refractivity (Wildman–Crippen MR) is 137 cm³/mol. The third kappa shape index (κ3) is 3.54. The topological polar surface area (TPSA) is 104 Å². The minimum Gasteiger partial charge on any atom is -0.364 e. The van der Waals surface area contributed by atoms with Crippen molar-refractivity contribution in [1.29, 1.82) is 0 Å². The minimum absolute atomic E-state index is 0.190. The summed E-state index contributed by atoms with van der Waals surface area (Å²) < 4.78 is 3.29. The largest absolute Gasteiger partial charge is 0.364 e. The van der Waals surface area contributed by atoms with Crippen LogP contribution in [0.1, 0.15) is 26.3 Å². The van der Waals surface area contributed by atoms with E-state index in [0.717, 1.165) is 39.2 Å². The van der Waals surface area contributed by atoms with E-state index in [1.165, 1.54) is 10.3 Å². The van der Waals surface area contributed by atoms with Gasteiger partial charge in [0.15, 0.2) is 17.3 Å². The van der Waals surface area contributed by atoms with Gasteiger partial charge < -0.3 is 19.9 Å². The Morgan fingerprint density at radius 1 is 1.15 bits per heavy atom. The number of imidazole rings is 2. The van der Waals surface area contributed by atoms with Gasteiger partial charge in [0.1, 0.15) is 5.52 Å². The molecule has 3 N–H and O–H groups in total. The van der Waals surface area contributed by atoms with E-state index in [-0.39, 0.29) is 11.7 Å².